The zero-order chi connectivity index (χ0) is 20.7. The van der Waals surface area contributed by atoms with Crippen LogP contribution >= 0.6 is 0 Å². The highest BCUT2D eigenvalue weighted by Crippen LogP contribution is 2.22. The van der Waals surface area contributed by atoms with Crippen LogP contribution in [0.4, 0.5) is 5.69 Å². The van der Waals surface area contributed by atoms with Crippen molar-refractivity contribution in [3.8, 4) is 5.75 Å². The van der Waals surface area contributed by atoms with Gasteiger partial charge in [0.05, 0.1) is 12.3 Å². The first-order valence-corrected chi connectivity index (χ1v) is 8.43. The molecule has 1 unspecified atom stereocenters. The molecule has 0 bridgehead atoms. The monoisotopic (exact) mass is 385 g/mol. The minimum Gasteiger partial charge on any atom is -0.487 e. The number of aliphatic imine (C=N–C) groups is 1. The molecule has 0 saturated heterocycles. The lowest BCUT2D eigenvalue weighted by molar-refractivity contribution is -0.129. The number of benzene rings is 1. The summed E-state index contributed by atoms with van der Waals surface area (Å²) in [5, 5.41) is 11.8. The molecule has 0 spiro atoms. The molecule has 2 rings (SSSR count). The van der Waals surface area contributed by atoms with E-state index in [1.165, 1.54) is 14.0 Å². The molecule has 148 valence electrons. The van der Waals surface area contributed by atoms with Crippen LogP contribution in [-0.2, 0) is 16.2 Å². The number of hydrogen-bond donors (Lipinski definition) is 4. The largest absolute Gasteiger partial charge is 0.487 e. The lowest BCUT2D eigenvalue weighted by Crippen LogP contribution is -2.59. The first-order chi connectivity index (χ1) is 13.3. The summed E-state index contributed by atoms with van der Waals surface area (Å²) in [4.78, 5) is 32.3. The molecule has 9 heteroatoms. The number of hydrogen-bond acceptors (Lipinski definition) is 7. The molecule has 2 amide bonds. The quantitative estimate of drug-likeness (QED) is 0.371. The van der Waals surface area contributed by atoms with Gasteiger partial charge in [-0.3, -0.25) is 19.6 Å². The normalized spacial score (nSPS) is 13.5. The minimum absolute atomic E-state index is 0.0262. The van der Waals surface area contributed by atoms with Crippen molar-refractivity contribution in [3.63, 3.8) is 0 Å². The number of aromatic nitrogens is 1. The van der Waals surface area contributed by atoms with Crippen molar-refractivity contribution in [2.45, 2.75) is 19.1 Å². The molecule has 2 aromatic rings. The molecular formula is C19H23N5O4. The number of nitrogens with zero attached hydrogens (tertiary/aromatic N) is 2. The molecule has 0 radical (unpaired) electrons. The van der Waals surface area contributed by atoms with Crippen molar-refractivity contribution in [2.75, 3.05) is 19.4 Å². The van der Waals surface area contributed by atoms with Gasteiger partial charge in [0.15, 0.2) is 0 Å². The van der Waals surface area contributed by atoms with E-state index in [0.29, 0.717) is 17.0 Å². The Labute approximate surface area is 162 Å². The second kappa shape index (κ2) is 8.96. The Bertz CT molecular complexity index is 885. The van der Waals surface area contributed by atoms with Crippen LogP contribution in [0.2, 0.25) is 0 Å². The van der Waals surface area contributed by atoms with Crippen molar-refractivity contribution in [3.05, 3.63) is 53.9 Å². The SMILES string of the molecule is CN=C(C(=O)NC(C)(CO)C(N)=O)c1cc(OCc2ccccn2)ccc1N. The van der Waals surface area contributed by atoms with Crippen molar-refractivity contribution in [2.24, 2.45) is 10.7 Å². The number of anilines is 1. The molecule has 0 saturated carbocycles. The predicted octanol–water partition coefficient (Wildman–Crippen LogP) is 0.0142. The van der Waals surface area contributed by atoms with Crippen LogP contribution in [-0.4, -0.2) is 46.8 Å². The van der Waals surface area contributed by atoms with Gasteiger partial charge in [-0.15, -0.1) is 0 Å². The van der Waals surface area contributed by atoms with E-state index in [1.807, 2.05) is 12.1 Å². The average Bonchev–Trinajstić information content (AvgIpc) is 2.69. The van der Waals surface area contributed by atoms with Crippen LogP contribution in [0.3, 0.4) is 0 Å². The highest BCUT2D eigenvalue weighted by atomic mass is 16.5. The lowest BCUT2D eigenvalue weighted by atomic mass is 10.0. The number of ether oxygens (including phenoxy) is 1. The van der Waals surface area contributed by atoms with Crippen LogP contribution < -0.4 is 21.5 Å². The molecule has 9 nitrogen and oxygen atoms in total. The minimum atomic E-state index is -1.63. The first-order valence-electron chi connectivity index (χ1n) is 8.43. The van der Waals surface area contributed by atoms with Gasteiger partial charge in [-0.25, -0.2) is 0 Å². The van der Waals surface area contributed by atoms with Crippen LogP contribution in [0.25, 0.3) is 0 Å². The highest BCUT2D eigenvalue weighted by molar-refractivity contribution is 6.46. The summed E-state index contributed by atoms with van der Waals surface area (Å²) in [5.74, 6) is -1.12. The second-order valence-electron chi connectivity index (χ2n) is 6.24. The maximum Gasteiger partial charge on any atom is 0.271 e. The van der Waals surface area contributed by atoms with Crippen LogP contribution in [0.15, 0.2) is 47.6 Å². The molecule has 0 fully saturated rings. The standard InChI is InChI=1S/C19H23N5O4/c1-19(11-25,18(21)27)24-17(26)16(22-2)14-9-13(6-7-15(14)20)28-10-12-5-3-4-8-23-12/h3-9,25H,10-11,20H2,1-2H3,(H2,21,27)(H,24,26). The number of amides is 2. The predicted molar refractivity (Wildman–Crippen MR) is 105 cm³/mol. The third-order valence-corrected chi connectivity index (χ3v) is 4.08. The summed E-state index contributed by atoms with van der Waals surface area (Å²) in [6.45, 7) is 0.892. The lowest BCUT2D eigenvalue weighted by Gasteiger charge is -2.25. The summed E-state index contributed by atoms with van der Waals surface area (Å²) in [5.41, 5.74) is 11.0. The van der Waals surface area contributed by atoms with Gasteiger partial charge in [0.25, 0.3) is 5.91 Å². The molecule has 6 N–H and O–H groups in total. The molecule has 1 aromatic carbocycles. The van der Waals surface area contributed by atoms with Gasteiger partial charge in [-0.1, -0.05) is 6.07 Å². The van der Waals surface area contributed by atoms with Crippen LogP contribution in [0, 0.1) is 0 Å². The molecule has 0 aliphatic rings. The van der Waals surface area contributed by atoms with Gasteiger partial charge < -0.3 is 26.6 Å². The van der Waals surface area contributed by atoms with Crippen molar-refractivity contribution >= 4 is 23.2 Å². The Hall–Kier alpha value is -3.46. The zero-order valence-electron chi connectivity index (χ0n) is 15.7. The van der Waals surface area contributed by atoms with Gasteiger partial charge in [-0.05, 0) is 37.3 Å². The summed E-state index contributed by atoms with van der Waals surface area (Å²) in [6.07, 6.45) is 1.66. The summed E-state index contributed by atoms with van der Waals surface area (Å²) in [6, 6.07) is 10.3. The van der Waals surface area contributed by atoms with E-state index in [-0.39, 0.29) is 12.3 Å². The van der Waals surface area contributed by atoms with Gasteiger partial charge in [0.1, 0.15) is 23.6 Å². The summed E-state index contributed by atoms with van der Waals surface area (Å²) in [7, 11) is 1.41. The van der Waals surface area contributed by atoms with Gasteiger partial charge in [0, 0.05) is 24.5 Å². The Morgan fingerprint density at radius 2 is 2.07 bits per heavy atom. The summed E-state index contributed by atoms with van der Waals surface area (Å²) >= 11 is 0. The smallest absolute Gasteiger partial charge is 0.271 e. The number of primary amides is 1. The fourth-order valence-corrected chi connectivity index (χ4v) is 2.30. The maximum absolute atomic E-state index is 12.6. The zero-order valence-corrected chi connectivity index (χ0v) is 15.7. The summed E-state index contributed by atoms with van der Waals surface area (Å²) < 4.78 is 5.70. The van der Waals surface area contributed by atoms with E-state index in [4.69, 9.17) is 16.2 Å². The Morgan fingerprint density at radius 3 is 2.64 bits per heavy atom. The number of rotatable bonds is 8. The Morgan fingerprint density at radius 1 is 1.32 bits per heavy atom. The number of carbonyl (C=O) groups excluding carboxylic acids is 2. The van der Waals surface area contributed by atoms with Gasteiger partial charge >= 0.3 is 0 Å². The molecule has 0 aliphatic heterocycles. The molecule has 28 heavy (non-hydrogen) atoms. The fourth-order valence-electron chi connectivity index (χ4n) is 2.30. The van der Waals surface area contributed by atoms with E-state index in [0.717, 1.165) is 5.69 Å². The van der Waals surface area contributed by atoms with Crippen molar-refractivity contribution < 1.29 is 19.4 Å². The molecule has 1 aromatic heterocycles. The van der Waals surface area contributed by atoms with Crippen LogP contribution in [0.1, 0.15) is 18.2 Å². The molecule has 0 aliphatic carbocycles. The van der Waals surface area contributed by atoms with Crippen molar-refractivity contribution in [1.29, 1.82) is 0 Å². The van der Waals surface area contributed by atoms with E-state index in [9.17, 15) is 14.7 Å². The number of carbonyl (C=O) groups is 2. The number of nitrogens with two attached hydrogens (primary N) is 2. The Kier molecular flexibility index (Phi) is 6.67. The number of pyridine rings is 1. The first kappa shape index (κ1) is 20.8. The number of aliphatic hydroxyl groups excluding tert-OH is 1. The van der Waals surface area contributed by atoms with E-state index in [2.05, 4.69) is 15.3 Å². The van der Waals surface area contributed by atoms with Gasteiger partial charge in [-0.2, -0.15) is 0 Å². The number of nitrogens with one attached hydrogen (secondary N) is 1. The fraction of sp³-hybridized carbons (Fsp3) is 0.263. The average molecular weight is 385 g/mol. The van der Waals surface area contributed by atoms with E-state index in [1.54, 1.807) is 30.5 Å². The third kappa shape index (κ3) is 4.83. The Balaban J connectivity index is 2.23. The third-order valence-electron chi connectivity index (χ3n) is 4.08. The van der Waals surface area contributed by atoms with Crippen molar-refractivity contribution in [1.82, 2.24) is 10.3 Å². The topological polar surface area (TPSA) is 153 Å². The van der Waals surface area contributed by atoms with Gasteiger partial charge in [0.2, 0.25) is 5.91 Å². The second-order valence-corrected chi connectivity index (χ2v) is 6.24. The van der Waals surface area contributed by atoms with Crippen LogP contribution in [0.5, 0.6) is 5.75 Å². The van der Waals surface area contributed by atoms with E-state index < -0.39 is 24.0 Å². The maximum atomic E-state index is 12.6. The highest BCUT2D eigenvalue weighted by Gasteiger charge is 2.34. The molecule has 1 heterocycles. The molecule has 1 atom stereocenters. The van der Waals surface area contributed by atoms with E-state index >= 15 is 0 Å². The molecular weight excluding hydrogens is 362 g/mol. The number of nitrogen functional groups attached to an aromatic ring is 1. The number of aliphatic hydroxyl groups is 1.